The molecule has 2 bridgehead atoms. The number of piperidine rings is 4. The van der Waals surface area contributed by atoms with Gasteiger partial charge in [0.05, 0.1) is 0 Å². The Kier molecular flexibility index (Phi) is 5.44. The average molecular weight is 307 g/mol. The number of halogens is 2. The van der Waals surface area contributed by atoms with E-state index < -0.39 is 0 Å². The summed E-state index contributed by atoms with van der Waals surface area (Å²) in [5.74, 6) is 2.03. The zero-order chi connectivity index (χ0) is 11.2. The number of nitrogens with zero attached hydrogens (tertiary/aromatic N) is 2. The summed E-state index contributed by atoms with van der Waals surface area (Å²) in [6.45, 7) is 5.68. The van der Waals surface area contributed by atoms with Gasteiger partial charge in [-0.15, -0.1) is 24.8 Å². The SMILES string of the molecule is C1CCN2C[C@H]3C[C@@H](CN4CCCC[C@@H]34)[C@H]2C1.Cl.Cl. The second-order valence-corrected chi connectivity index (χ2v) is 6.87. The Hall–Kier alpha value is 0.500. The van der Waals surface area contributed by atoms with Crippen LogP contribution in [0.15, 0.2) is 0 Å². The molecule has 4 heterocycles. The lowest BCUT2D eigenvalue weighted by Gasteiger charge is -2.57. The van der Waals surface area contributed by atoms with Crippen molar-refractivity contribution in [1.29, 1.82) is 0 Å². The minimum atomic E-state index is 0. The topological polar surface area (TPSA) is 6.48 Å². The molecule has 0 N–H and O–H groups in total. The predicted octanol–water partition coefficient (Wildman–Crippen LogP) is 3.19. The molecule has 4 aliphatic heterocycles. The molecule has 112 valence electrons. The number of hydrogen-bond donors (Lipinski definition) is 0. The second kappa shape index (κ2) is 6.51. The van der Waals surface area contributed by atoms with Crippen molar-refractivity contribution in [3.05, 3.63) is 0 Å². The molecular weight excluding hydrogens is 279 g/mol. The highest BCUT2D eigenvalue weighted by Crippen LogP contribution is 2.42. The van der Waals surface area contributed by atoms with Gasteiger partial charge in [-0.2, -0.15) is 0 Å². The fourth-order valence-electron chi connectivity index (χ4n) is 5.25. The van der Waals surface area contributed by atoms with E-state index in [9.17, 15) is 0 Å². The third-order valence-electron chi connectivity index (χ3n) is 5.96. The number of hydrogen-bond acceptors (Lipinski definition) is 2. The van der Waals surface area contributed by atoms with Crippen molar-refractivity contribution >= 4 is 24.8 Å². The van der Waals surface area contributed by atoms with Gasteiger partial charge in [-0.1, -0.05) is 12.8 Å². The highest BCUT2D eigenvalue weighted by molar-refractivity contribution is 5.85. The molecule has 0 amide bonds. The van der Waals surface area contributed by atoms with E-state index in [1.54, 1.807) is 6.42 Å². The molecule has 0 aliphatic carbocycles. The smallest absolute Gasteiger partial charge is 0.0136 e. The lowest BCUT2D eigenvalue weighted by Crippen LogP contribution is -2.63. The van der Waals surface area contributed by atoms with Gasteiger partial charge < -0.3 is 0 Å². The molecule has 0 aromatic carbocycles. The standard InChI is InChI=1S/C15H26N2.2ClH/c1-3-7-16-11-13-9-12(14(16)5-1)10-17-8-4-2-6-15(13)17;;/h12-15H,1-11H2;2*1H/t12-,13+,14+,15-;;. The van der Waals surface area contributed by atoms with Crippen molar-refractivity contribution in [3.8, 4) is 0 Å². The van der Waals surface area contributed by atoms with Gasteiger partial charge in [0.25, 0.3) is 0 Å². The van der Waals surface area contributed by atoms with Crippen LogP contribution in [0.4, 0.5) is 0 Å². The summed E-state index contributed by atoms with van der Waals surface area (Å²) in [5, 5.41) is 0. The summed E-state index contributed by atoms with van der Waals surface area (Å²) in [6, 6.07) is 1.92. The molecule has 0 spiro atoms. The van der Waals surface area contributed by atoms with Crippen LogP contribution < -0.4 is 0 Å². The van der Waals surface area contributed by atoms with E-state index in [4.69, 9.17) is 0 Å². The number of rotatable bonds is 0. The van der Waals surface area contributed by atoms with Gasteiger partial charge in [0, 0.05) is 25.2 Å². The third kappa shape index (κ3) is 2.79. The molecule has 2 nitrogen and oxygen atoms in total. The first-order valence-corrected chi connectivity index (χ1v) is 7.90. The van der Waals surface area contributed by atoms with Crippen molar-refractivity contribution in [2.45, 2.75) is 57.0 Å². The van der Waals surface area contributed by atoms with Crippen LogP contribution in [0.3, 0.4) is 0 Å². The summed E-state index contributed by atoms with van der Waals surface area (Å²) < 4.78 is 0. The van der Waals surface area contributed by atoms with E-state index in [1.165, 1.54) is 64.7 Å². The molecule has 0 unspecified atom stereocenters. The summed E-state index contributed by atoms with van der Waals surface area (Å²) in [7, 11) is 0. The predicted molar refractivity (Wildman–Crippen MR) is 84.5 cm³/mol. The first-order chi connectivity index (χ1) is 8.42. The van der Waals surface area contributed by atoms with E-state index in [1.807, 2.05) is 0 Å². The Labute approximate surface area is 130 Å². The van der Waals surface area contributed by atoms with Gasteiger partial charge in [0.15, 0.2) is 0 Å². The fraction of sp³-hybridized carbons (Fsp3) is 1.00. The highest BCUT2D eigenvalue weighted by Gasteiger charge is 2.46. The Morgan fingerprint density at radius 1 is 0.632 bits per heavy atom. The third-order valence-corrected chi connectivity index (χ3v) is 5.96. The van der Waals surface area contributed by atoms with Crippen LogP contribution in [0.1, 0.15) is 44.9 Å². The minimum absolute atomic E-state index is 0. The van der Waals surface area contributed by atoms with Gasteiger partial charge in [-0.3, -0.25) is 9.80 Å². The van der Waals surface area contributed by atoms with Crippen LogP contribution in [-0.4, -0.2) is 48.1 Å². The summed E-state index contributed by atoms with van der Waals surface area (Å²) >= 11 is 0. The van der Waals surface area contributed by atoms with Crippen LogP contribution in [0.5, 0.6) is 0 Å². The molecule has 4 rings (SSSR count). The molecule has 19 heavy (non-hydrogen) atoms. The average Bonchev–Trinajstić information content (AvgIpc) is 2.39. The molecule has 4 saturated heterocycles. The summed E-state index contributed by atoms with van der Waals surface area (Å²) in [6.07, 6.45) is 10.5. The quantitative estimate of drug-likeness (QED) is 0.678. The van der Waals surface area contributed by atoms with Crippen molar-refractivity contribution < 1.29 is 0 Å². The second-order valence-electron chi connectivity index (χ2n) is 6.87. The van der Waals surface area contributed by atoms with Crippen molar-refractivity contribution in [3.63, 3.8) is 0 Å². The van der Waals surface area contributed by atoms with E-state index in [2.05, 4.69) is 9.80 Å². The van der Waals surface area contributed by atoms with E-state index in [-0.39, 0.29) is 24.8 Å². The Balaban J connectivity index is 0.000000667. The summed E-state index contributed by atoms with van der Waals surface area (Å²) in [5.41, 5.74) is 0. The number of fused-ring (bicyclic) bond motifs is 6. The summed E-state index contributed by atoms with van der Waals surface area (Å²) in [4.78, 5) is 5.74. The van der Waals surface area contributed by atoms with Crippen molar-refractivity contribution in [2.75, 3.05) is 26.2 Å². The largest absolute Gasteiger partial charge is 0.300 e. The highest BCUT2D eigenvalue weighted by atomic mass is 35.5. The molecule has 0 aromatic rings. The van der Waals surface area contributed by atoms with Crippen molar-refractivity contribution in [1.82, 2.24) is 9.80 Å². The molecule has 0 radical (unpaired) electrons. The molecular formula is C15H28Cl2N2. The Morgan fingerprint density at radius 3 is 1.58 bits per heavy atom. The van der Waals surface area contributed by atoms with Gasteiger partial charge >= 0.3 is 0 Å². The van der Waals surface area contributed by atoms with Crippen molar-refractivity contribution in [2.24, 2.45) is 11.8 Å². The lowest BCUT2D eigenvalue weighted by molar-refractivity contribution is -0.0718. The molecule has 0 aromatic heterocycles. The van der Waals surface area contributed by atoms with Crippen LogP contribution in [0, 0.1) is 11.8 Å². The lowest BCUT2D eigenvalue weighted by atomic mass is 9.71. The van der Waals surface area contributed by atoms with Gasteiger partial charge in [0.1, 0.15) is 0 Å². The van der Waals surface area contributed by atoms with Gasteiger partial charge in [-0.05, 0) is 57.0 Å². The van der Waals surface area contributed by atoms with Crippen LogP contribution in [0.25, 0.3) is 0 Å². The zero-order valence-corrected chi connectivity index (χ0v) is 13.4. The van der Waals surface area contributed by atoms with E-state index >= 15 is 0 Å². The monoisotopic (exact) mass is 306 g/mol. The molecule has 4 aliphatic rings. The maximum Gasteiger partial charge on any atom is 0.0136 e. The first kappa shape index (κ1) is 15.9. The fourth-order valence-corrected chi connectivity index (χ4v) is 5.25. The van der Waals surface area contributed by atoms with E-state index in [0.29, 0.717) is 0 Å². The normalized spacial score (nSPS) is 42.3. The van der Waals surface area contributed by atoms with Crippen LogP contribution in [-0.2, 0) is 0 Å². The Bertz CT molecular complexity index is 272. The van der Waals surface area contributed by atoms with Gasteiger partial charge in [-0.25, -0.2) is 0 Å². The minimum Gasteiger partial charge on any atom is -0.300 e. The molecule has 4 fully saturated rings. The maximum atomic E-state index is 2.87. The first-order valence-electron chi connectivity index (χ1n) is 7.90. The Morgan fingerprint density at radius 2 is 1.11 bits per heavy atom. The van der Waals surface area contributed by atoms with Gasteiger partial charge in [0.2, 0.25) is 0 Å². The van der Waals surface area contributed by atoms with Crippen LogP contribution in [0.2, 0.25) is 0 Å². The maximum absolute atomic E-state index is 2.87. The zero-order valence-electron chi connectivity index (χ0n) is 11.8. The molecule has 4 atom stereocenters. The molecule has 4 heteroatoms. The molecule has 0 saturated carbocycles. The van der Waals surface area contributed by atoms with Crippen LogP contribution >= 0.6 is 24.8 Å². The van der Waals surface area contributed by atoms with E-state index in [0.717, 1.165) is 23.9 Å².